The Labute approximate surface area is 286 Å². The van der Waals surface area contributed by atoms with E-state index >= 15 is 0 Å². The average Bonchev–Trinajstić information content (AvgIpc) is 3.53. The van der Waals surface area contributed by atoms with Crippen LogP contribution in [-0.4, -0.2) is 10.4 Å². The topological polar surface area (TPSA) is 29.3 Å². The standard InChI is InChI=1S/C46H33N3/c1-5-15-32(16-6-1)35-21-13-22-36(29-35)37-27-28-43-40(30-37)45-39(25-14-26-44(45)49(43)38-23-11-4-12-24-38)46-47-41(33-17-7-2-8-18-33)31-42(48-46)34-19-9-3-10-20-34/h1-31,41H,(H,47,48). The van der Waals surface area contributed by atoms with Crippen LogP contribution in [0.4, 0.5) is 0 Å². The third-order valence-electron chi connectivity index (χ3n) is 9.44. The van der Waals surface area contributed by atoms with Crippen LogP contribution in [0.1, 0.15) is 22.7 Å². The summed E-state index contributed by atoms with van der Waals surface area (Å²) in [5, 5.41) is 6.19. The molecule has 2 heterocycles. The molecule has 1 atom stereocenters. The van der Waals surface area contributed by atoms with E-state index in [2.05, 4.69) is 198 Å². The highest BCUT2D eigenvalue weighted by Gasteiger charge is 2.24. The summed E-state index contributed by atoms with van der Waals surface area (Å²) in [7, 11) is 0. The summed E-state index contributed by atoms with van der Waals surface area (Å²) in [5.74, 6) is 0.865. The van der Waals surface area contributed by atoms with Gasteiger partial charge in [-0.3, -0.25) is 0 Å². The van der Waals surface area contributed by atoms with Crippen molar-refractivity contribution in [1.29, 1.82) is 0 Å². The Hall–Kier alpha value is -6.45. The smallest absolute Gasteiger partial charge is 0.135 e. The minimum atomic E-state index is -0.0297. The first-order valence-corrected chi connectivity index (χ1v) is 16.8. The summed E-state index contributed by atoms with van der Waals surface area (Å²) >= 11 is 0. The molecule has 0 fully saturated rings. The highest BCUT2D eigenvalue weighted by atomic mass is 15.1. The van der Waals surface area contributed by atoms with E-state index < -0.39 is 0 Å². The number of aromatic nitrogens is 1. The monoisotopic (exact) mass is 627 g/mol. The van der Waals surface area contributed by atoms with Gasteiger partial charge in [-0.05, 0) is 75.9 Å². The molecule has 8 aromatic rings. The van der Waals surface area contributed by atoms with Gasteiger partial charge in [-0.1, -0.05) is 146 Å². The normalized spacial score (nSPS) is 14.3. The van der Waals surface area contributed by atoms with Crippen LogP contribution in [0.5, 0.6) is 0 Å². The number of hydrogen-bond acceptors (Lipinski definition) is 2. The lowest BCUT2D eigenvalue weighted by molar-refractivity contribution is 0.781. The minimum absolute atomic E-state index is 0.0297. The van der Waals surface area contributed by atoms with Crippen molar-refractivity contribution < 1.29 is 0 Å². The van der Waals surface area contributed by atoms with Crippen LogP contribution in [-0.2, 0) is 0 Å². The van der Waals surface area contributed by atoms with E-state index in [0.29, 0.717) is 0 Å². The summed E-state index contributed by atoms with van der Waals surface area (Å²) in [6.07, 6.45) is 2.24. The van der Waals surface area contributed by atoms with Crippen molar-refractivity contribution in [2.75, 3.05) is 0 Å². The van der Waals surface area contributed by atoms with Crippen molar-refractivity contribution in [2.45, 2.75) is 6.04 Å². The molecule has 0 amide bonds. The molecule has 49 heavy (non-hydrogen) atoms. The van der Waals surface area contributed by atoms with Crippen LogP contribution < -0.4 is 5.32 Å². The van der Waals surface area contributed by atoms with Crippen LogP contribution >= 0.6 is 0 Å². The molecule has 0 radical (unpaired) electrons. The molecule has 1 aliphatic rings. The third-order valence-corrected chi connectivity index (χ3v) is 9.44. The van der Waals surface area contributed by atoms with Crippen LogP contribution in [0.2, 0.25) is 0 Å². The number of nitrogens with one attached hydrogen (secondary N) is 1. The highest BCUT2D eigenvalue weighted by molar-refractivity contribution is 6.21. The Morgan fingerprint density at radius 3 is 1.80 bits per heavy atom. The van der Waals surface area contributed by atoms with Gasteiger partial charge in [0.2, 0.25) is 0 Å². The molecule has 7 aromatic carbocycles. The third kappa shape index (κ3) is 5.32. The molecule has 0 saturated heterocycles. The van der Waals surface area contributed by atoms with Crippen LogP contribution in [0.15, 0.2) is 193 Å². The summed E-state index contributed by atoms with van der Waals surface area (Å²) in [5.41, 5.74) is 12.6. The Morgan fingerprint density at radius 1 is 0.469 bits per heavy atom. The fourth-order valence-electron chi connectivity index (χ4n) is 7.10. The zero-order valence-electron chi connectivity index (χ0n) is 26.9. The van der Waals surface area contributed by atoms with Gasteiger partial charge in [0.25, 0.3) is 0 Å². The number of para-hydroxylation sites is 1. The second kappa shape index (κ2) is 12.3. The fraction of sp³-hybridized carbons (Fsp3) is 0.0217. The van der Waals surface area contributed by atoms with Crippen LogP contribution in [0.25, 0.3) is 55.4 Å². The number of aliphatic imine (C=N–C) groups is 1. The Bertz CT molecular complexity index is 2490. The van der Waals surface area contributed by atoms with Crippen molar-refractivity contribution >= 4 is 33.3 Å². The predicted molar refractivity (Wildman–Crippen MR) is 205 cm³/mol. The van der Waals surface area contributed by atoms with Gasteiger partial charge in [0, 0.05) is 22.0 Å². The lowest BCUT2D eigenvalue weighted by Gasteiger charge is -2.25. The molecular formula is C46H33N3. The molecule has 9 rings (SSSR count). The van der Waals surface area contributed by atoms with Gasteiger partial charge in [-0.25, -0.2) is 4.99 Å². The van der Waals surface area contributed by atoms with E-state index in [1.165, 1.54) is 38.6 Å². The van der Waals surface area contributed by atoms with E-state index in [4.69, 9.17) is 4.99 Å². The lowest BCUT2D eigenvalue weighted by atomic mass is 9.96. The lowest BCUT2D eigenvalue weighted by Crippen LogP contribution is -2.31. The maximum absolute atomic E-state index is 5.32. The maximum Gasteiger partial charge on any atom is 0.135 e. The van der Waals surface area contributed by atoms with Crippen LogP contribution in [0, 0.1) is 0 Å². The van der Waals surface area contributed by atoms with E-state index in [9.17, 15) is 0 Å². The zero-order valence-corrected chi connectivity index (χ0v) is 26.9. The molecule has 232 valence electrons. The van der Waals surface area contributed by atoms with Crippen molar-refractivity contribution in [2.24, 2.45) is 4.99 Å². The molecule has 3 nitrogen and oxygen atoms in total. The molecule has 1 aliphatic heterocycles. The molecule has 0 saturated carbocycles. The second-order valence-electron chi connectivity index (χ2n) is 12.5. The van der Waals surface area contributed by atoms with Gasteiger partial charge < -0.3 is 9.88 Å². The van der Waals surface area contributed by atoms with Crippen molar-refractivity contribution in [1.82, 2.24) is 9.88 Å². The van der Waals surface area contributed by atoms with Gasteiger partial charge in [-0.15, -0.1) is 0 Å². The first-order chi connectivity index (χ1) is 24.3. The van der Waals surface area contributed by atoms with Crippen molar-refractivity contribution in [3.05, 3.63) is 205 Å². The van der Waals surface area contributed by atoms with Crippen molar-refractivity contribution in [3.63, 3.8) is 0 Å². The molecule has 0 bridgehead atoms. The predicted octanol–water partition coefficient (Wildman–Crippen LogP) is 11.2. The first kappa shape index (κ1) is 28.7. The highest BCUT2D eigenvalue weighted by Crippen LogP contribution is 2.39. The summed E-state index contributed by atoms with van der Waals surface area (Å²) in [6, 6.07) is 64.6. The number of hydrogen-bond donors (Lipinski definition) is 1. The minimum Gasteiger partial charge on any atom is -0.359 e. The molecule has 0 spiro atoms. The van der Waals surface area contributed by atoms with Gasteiger partial charge in [0.05, 0.1) is 22.8 Å². The molecule has 1 unspecified atom stereocenters. The molecular weight excluding hydrogens is 595 g/mol. The van der Waals surface area contributed by atoms with E-state index in [1.807, 2.05) is 0 Å². The Balaban J connectivity index is 1.27. The Kier molecular flexibility index (Phi) is 7.21. The SMILES string of the molecule is C1=C(c2ccccc2)N=C(c2cccc3c2c2cc(-c4cccc(-c5ccccc5)c4)ccc2n3-c2ccccc2)NC1c1ccccc1. The fourth-order valence-corrected chi connectivity index (χ4v) is 7.10. The number of fused-ring (bicyclic) bond motifs is 3. The number of benzene rings is 7. The first-order valence-electron chi connectivity index (χ1n) is 16.8. The molecule has 0 aliphatic carbocycles. The van der Waals surface area contributed by atoms with Crippen LogP contribution in [0.3, 0.4) is 0 Å². The number of rotatable bonds is 6. The van der Waals surface area contributed by atoms with E-state index in [1.54, 1.807) is 0 Å². The second-order valence-corrected chi connectivity index (χ2v) is 12.5. The van der Waals surface area contributed by atoms with E-state index in [-0.39, 0.29) is 6.04 Å². The van der Waals surface area contributed by atoms with Gasteiger partial charge in [-0.2, -0.15) is 0 Å². The molecule has 1 N–H and O–H groups in total. The van der Waals surface area contributed by atoms with Crippen molar-refractivity contribution in [3.8, 4) is 27.9 Å². The van der Waals surface area contributed by atoms with Gasteiger partial charge >= 0.3 is 0 Å². The largest absolute Gasteiger partial charge is 0.359 e. The van der Waals surface area contributed by atoms with E-state index in [0.717, 1.165) is 39.4 Å². The van der Waals surface area contributed by atoms with Gasteiger partial charge in [0.15, 0.2) is 0 Å². The van der Waals surface area contributed by atoms with Gasteiger partial charge in [0.1, 0.15) is 5.84 Å². The number of amidine groups is 1. The number of nitrogens with zero attached hydrogens (tertiary/aromatic N) is 2. The average molecular weight is 628 g/mol. The molecule has 1 aromatic heterocycles. The summed E-state index contributed by atoms with van der Waals surface area (Å²) < 4.78 is 2.38. The molecule has 3 heteroatoms. The zero-order chi connectivity index (χ0) is 32.6. The summed E-state index contributed by atoms with van der Waals surface area (Å²) in [6.45, 7) is 0. The Morgan fingerprint density at radius 2 is 1.06 bits per heavy atom. The quantitative estimate of drug-likeness (QED) is 0.195. The maximum atomic E-state index is 5.32. The summed E-state index contributed by atoms with van der Waals surface area (Å²) in [4.78, 5) is 5.32.